The van der Waals surface area contributed by atoms with Crippen LogP contribution < -0.4 is 0 Å². The van der Waals surface area contributed by atoms with E-state index in [1.165, 1.54) is 0 Å². The van der Waals surface area contributed by atoms with Gasteiger partial charge >= 0.3 is 5.97 Å². The third-order valence-electron chi connectivity index (χ3n) is 4.12. The molecule has 2 unspecified atom stereocenters. The summed E-state index contributed by atoms with van der Waals surface area (Å²) in [5.41, 5.74) is 1.08. The summed E-state index contributed by atoms with van der Waals surface area (Å²) in [5, 5.41) is 9.78. The number of halogens is 1. The van der Waals surface area contributed by atoms with E-state index in [1.54, 1.807) is 4.90 Å². The second-order valence-corrected chi connectivity index (χ2v) is 6.11. The van der Waals surface area contributed by atoms with Gasteiger partial charge in [0.15, 0.2) is 0 Å². The number of rotatable bonds is 4. The standard InChI is InChI=1S/C16H20ClNO3/c1-11-10-18(9-8-14(11)16(20)21)15(19)7-4-12-2-5-13(17)6-3-12/h2-3,5-6,11,14H,4,7-10H2,1H3,(H,20,21). The Morgan fingerprint density at radius 2 is 2.00 bits per heavy atom. The van der Waals surface area contributed by atoms with Crippen LogP contribution in [-0.4, -0.2) is 35.0 Å². The number of nitrogens with zero attached hydrogens (tertiary/aromatic N) is 1. The first kappa shape index (κ1) is 15.8. The molecule has 2 atom stereocenters. The zero-order valence-electron chi connectivity index (χ0n) is 12.1. The molecule has 1 aromatic carbocycles. The molecule has 1 aromatic rings. The van der Waals surface area contributed by atoms with Crippen LogP contribution in [0.2, 0.25) is 5.02 Å². The van der Waals surface area contributed by atoms with Crippen molar-refractivity contribution in [2.75, 3.05) is 13.1 Å². The van der Waals surface area contributed by atoms with E-state index in [9.17, 15) is 9.59 Å². The van der Waals surface area contributed by atoms with E-state index in [0.29, 0.717) is 37.4 Å². The Bertz CT molecular complexity index is 515. The molecule has 2 rings (SSSR count). The highest BCUT2D eigenvalue weighted by Crippen LogP contribution is 2.24. The van der Waals surface area contributed by atoms with Crippen molar-refractivity contribution in [3.05, 3.63) is 34.9 Å². The van der Waals surface area contributed by atoms with Crippen LogP contribution in [0, 0.1) is 11.8 Å². The number of carboxylic acid groups (broad SMARTS) is 1. The molecule has 0 aliphatic carbocycles. The Balaban J connectivity index is 1.84. The normalized spacial score (nSPS) is 22.1. The number of piperidine rings is 1. The Morgan fingerprint density at radius 1 is 1.33 bits per heavy atom. The minimum atomic E-state index is -0.754. The summed E-state index contributed by atoms with van der Waals surface area (Å²) in [4.78, 5) is 25.1. The molecule has 0 aromatic heterocycles. The van der Waals surface area contributed by atoms with E-state index in [4.69, 9.17) is 16.7 Å². The number of hydrogen-bond acceptors (Lipinski definition) is 2. The Labute approximate surface area is 129 Å². The molecule has 0 bridgehead atoms. The number of hydrogen-bond donors (Lipinski definition) is 1. The van der Waals surface area contributed by atoms with E-state index in [0.717, 1.165) is 5.56 Å². The molecule has 114 valence electrons. The second-order valence-electron chi connectivity index (χ2n) is 5.68. The van der Waals surface area contributed by atoms with Crippen LogP contribution in [0.15, 0.2) is 24.3 Å². The van der Waals surface area contributed by atoms with Crippen molar-refractivity contribution in [1.82, 2.24) is 4.90 Å². The minimum Gasteiger partial charge on any atom is -0.481 e. The van der Waals surface area contributed by atoms with Gasteiger partial charge in [0.25, 0.3) is 0 Å². The summed E-state index contributed by atoms with van der Waals surface area (Å²) < 4.78 is 0. The first-order valence-corrected chi connectivity index (χ1v) is 7.60. The van der Waals surface area contributed by atoms with Crippen LogP contribution >= 0.6 is 11.6 Å². The lowest BCUT2D eigenvalue weighted by atomic mass is 9.87. The number of amides is 1. The molecule has 0 saturated carbocycles. The highest BCUT2D eigenvalue weighted by Gasteiger charge is 2.32. The van der Waals surface area contributed by atoms with Gasteiger partial charge in [-0.15, -0.1) is 0 Å². The molecule has 1 N–H and O–H groups in total. The van der Waals surface area contributed by atoms with E-state index in [-0.39, 0.29) is 17.7 Å². The molecule has 0 spiro atoms. The second kappa shape index (κ2) is 6.94. The lowest BCUT2D eigenvalue weighted by Crippen LogP contribution is -2.45. The number of benzene rings is 1. The lowest BCUT2D eigenvalue weighted by molar-refractivity contribution is -0.148. The van der Waals surface area contributed by atoms with Crippen LogP contribution in [0.3, 0.4) is 0 Å². The van der Waals surface area contributed by atoms with Crippen molar-refractivity contribution in [1.29, 1.82) is 0 Å². The quantitative estimate of drug-likeness (QED) is 0.930. The van der Waals surface area contributed by atoms with E-state index in [1.807, 2.05) is 31.2 Å². The Hall–Kier alpha value is -1.55. The van der Waals surface area contributed by atoms with Crippen molar-refractivity contribution in [3.63, 3.8) is 0 Å². The van der Waals surface area contributed by atoms with Crippen LogP contribution in [-0.2, 0) is 16.0 Å². The lowest BCUT2D eigenvalue weighted by Gasteiger charge is -2.35. The summed E-state index contributed by atoms with van der Waals surface area (Å²) in [6.45, 7) is 2.98. The summed E-state index contributed by atoms with van der Waals surface area (Å²) in [6, 6.07) is 7.49. The number of carboxylic acids is 1. The van der Waals surface area contributed by atoms with Crippen molar-refractivity contribution >= 4 is 23.5 Å². The van der Waals surface area contributed by atoms with Gasteiger partial charge in [-0.3, -0.25) is 9.59 Å². The zero-order valence-corrected chi connectivity index (χ0v) is 12.8. The van der Waals surface area contributed by atoms with Gasteiger partial charge in [-0.25, -0.2) is 0 Å². The maximum Gasteiger partial charge on any atom is 0.306 e. The van der Waals surface area contributed by atoms with Gasteiger partial charge in [-0.2, -0.15) is 0 Å². The number of likely N-dealkylation sites (tertiary alicyclic amines) is 1. The van der Waals surface area contributed by atoms with Crippen LogP contribution in [0.1, 0.15) is 25.3 Å². The predicted molar refractivity (Wildman–Crippen MR) is 81.3 cm³/mol. The van der Waals surface area contributed by atoms with Crippen molar-refractivity contribution < 1.29 is 14.7 Å². The fourth-order valence-electron chi connectivity index (χ4n) is 2.80. The van der Waals surface area contributed by atoms with Gasteiger partial charge in [-0.05, 0) is 36.5 Å². The highest BCUT2D eigenvalue weighted by atomic mass is 35.5. The molecule has 5 heteroatoms. The average Bonchev–Trinajstić information content (AvgIpc) is 2.45. The van der Waals surface area contributed by atoms with Crippen molar-refractivity contribution in [2.45, 2.75) is 26.2 Å². The fourth-order valence-corrected chi connectivity index (χ4v) is 2.93. The van der Waals surface area contributed by atoms with Crippen LogP contribution in [0.5, 0.6) is 0 Å². The molecular formula is C16H20ClNO3. The molecule has 1 heterocycles. The molecule has 0 radical (unpaired) electrons. The van der Waals surface area contributed by atoms with Crippen LogP contribution in [0.25, 0.3) is 0 Å². The SMILES string of the molecule is CC1CN(C(=O)CCc2ccc(Cl)cc2)CCC1C(=O)O. The average molecular weight is 310 g/mol. The fraction of sp³-hybridized carbons (Fsp3) is 0.500. The summed E-state index contributed by atoms with van der Waals surface area (Å²) in [7, 11) is 0. The molecule has 1 amide bonds. The molecule has 4 nitrogen and oxygen atoms in total. The molecule has 1 fully saturated rings. The van der Waals surface area contributed by atoms with E-state index in [2.05, 4.69) is 0 Å². The van der Waals surface area contributed by atoms with Gasteiger partial charge < -0.3 is 10.0 Å². The number of aliphatic carboxylic acids is 1. The van der Waals surface area contributed by atoms with Crippen molar-refractivity contribution in [2.24, 2.45) is 11.8 Å². The maximum absolute atomic E-state index is 12.2. The van der Waals surface area contributed by atoms with Crippen molar-refractivity contribution in [3.8, 4) is 0 Å². The largest absolute Gasteiger partial charge is 0.481 e. The summed E-state index contributed by atoms with van der Waals surface area (Å²) >= 11 is 5.83. The molecule has 1 aliphatic rings. The summed E-state index contributed by atoms with van der Waals surface area (Å²) in [5.74, 6) is -0.975. The van der Waals surface area contributed by atoms with Crippen LogP contribution in [0.4, 0.5) is 0 Å². The molecular weight excluding hydrogens is 290 g/mol. The molecule has 1 saturated heterocycles. The topological polar surface area (TPSA) is 57.6 Å². The number of carbonyl (C=O) groups is 2. The first-order valence-electron chi connectivity index (χ1n) is 7.22. The predicted octanol–water partition coefficient (Wildman–Crippen LogP) is 2.84. The van der Waals surface area contributed by atoms with Gasteiger partial charge in [0.1, 0.15) is 0 Å². The smallest absolute Gasteiger partial charge is 0.306 e. The maximum atomic E-state index is 12.2. The number of carbonyl (C=O) groups excluding carboxylic acids is 1. The third kappa shape index (κ3) is 4.21. The van der Waals surface area contributed by atoms with Gasteiger partial charge in [0.05, 0.1) is 5.92 Å². The third-order valence-corrected chi connectivity index (χ3v) is 4.37. The van der Waals surface area contributed by atoms with Gasteiger partial charge in [0, 0.05) is 24.5 Å². The first-order chi connectivity index (χ1) is 9.97. The summed E-state index contributed by atoms with van der Waals surface area (Å²) in [6.07, 6.45) is 1.68. The number of aryl methyl sites for hydroxylation is 1. The zero-order chi connectivity index (χ0) is 15.4. The van der Waals surface area contributed by atoms with E-state index < -0.39 is 5.97 Å². The van der Waals surface area contributed by atoms with E-state index >= 15 is 0 Å². The van der Waals surface area contributed by atoms with Gasteiger partial charge in [0.2, 0.25) is 5.91 Å². The highest BCUT2D eigenvalue weighted by molar-refractivity contribution is 6.30. The minimum absolute atomic E-state index is 0.00994. The van der Waals surface area contributed by atoms with Gasteiger partial charge in [-0.1, -0.05) is 30.7 Å². The Kier molecular flexibility index (Phi) is 5.23. The Morgan fingerprint density at radius 3 is 2.57 bits per heavy atom. The molecule has 21 heavy (non-hydrogen) atoms. The monoisotopic (exact) mass is 309 g/mol. The molecule has 1 aliphatic heterocycles.